The molecule has 0 aliphatic carbocycles. The molecule has 0 radical (unpaired) electrons. The van der Waals surface area contributed by atoms with Gasteiger partial charge in [0.25, 0.3) is 0 Å². The number of fused-ring (bicyclic) bond motifs is 2. The number of hydrogen-bond donors (Lipinski definition) is 0. The molecule has 2 aliphatic rings. The molecule has 2 unspecified atom stereocenters. The molecule has 7 rings (SSSR count). The molecule has 2 saturated heterocycles. The Bertz CT molecular complexity index is 2090. The standard InChI is InChI=1S/C36H34F6N4O5/c1-19-43-32-26(45(19)2)18-23(36(40,41)42)29(35(32)51-15-14-50-28-11-4-6-13-49-28)21-8-7-9-22-31(21)44-46(27-10-3-5-12-48-27)33(22)34(47)20-16-24(37)30(39)25(38)17-20/h7-9,16-18,27-28H,3-6,10-15H2,1-2H3. The Morgan fingerprint density at radius 1 is 0.961 bits per heavy atom. The number of nitrogens with zero attached hydrogens (tertiary/aromatic N) is 4. The fourth-order valence-electron chi connectivity index (χ4n) is 6.71. The molecular weight excluding hydrogens is 682 g/mol. The Morgan fingerprint density at radius 3 is 2.35 bits per heavy atom. The second-order valence-corrected chi connectivity index (χ2v) is 12.6. The number of ketones is 1. The van der Waals surface area contributed by atoms with E-state index in [4.69, 9.17) is 18.9 Å². The molecule has 0 saturated carbocycles. The normalized spacial score (nSPS) is 18.5. The number of aryl methyl sites for hydroxylation is 2. The lowest BCUT2D eigenvalue weighted by molar-refractivity contribution is -0.165. The van der Waals surface area contributed by atoms with Gasteiger partial charge in [0.15, 0.2) is 35.7 Å². The van der Waals surface area contributed by atoms with E-state index in [-0.39, 0.29) is 57.7 Å². The lowest BCUT2D eigenvalue weighted by atomic mass is 9.94. The molecule has 0 N–H and O–H groups in total. The molecular formula is C36H34F6N4O5. The van der Waals surface area contributed by atoms with Crippen LogP contribution in [0.5, 0.6) is 5.75 Å². The van der Waals surface area contributed by atoms with Gasteiger partial charge < -0.3 is 23.5 Å². The van der Waals surface area contributed by atoms with Crippen LogP contribution in [0.3, 0.4) is 0 Å². The third kappa shape index (κ3) is 6.58. The quantitative estimate of drug-likeness (QED) is 0.0658. The molecule has 3 aromatic carbocycles. The molecule has 270 valence electrons. The number of carbonyl (C=O) groups excluding carboxylic acids is 1. The topological polar surface area (TPSA) is 89.6 Å². The van der Waals surface area contributed by atoms with E-state index >= 15 is 13.2 Å². The van der Waals surface area contributed by atoms with Crippen molar-refractivity contribution >= 4 is 27.7 Å². The summed E-state index contributed by atoms with van der Waals surface area (Å²) in [6, 6.07) is 6.50. The van der Waals surface area contributed by atoms with Crippen molar-refractivity contribution in [1.29, 1.82) is 0 Å². The molecule has 2 atom stereocenters. The highest BCUT2D eigenvalue weighted by atomic mass is 19.4. The van der Waals surface area contributed by atoms with E-state index in [1.165, 1.54) is 27.4 Å². The number of aromatic nitrogens is 4. The largest absolute Gasteiger partial charge is 0.488 e. The van der Waals surface area contributed by atoms with Gasteiger partial charge in [-0.2, -0.15) is 18.3 Å². The van der Waals surface area contributed by atoms with E-state index in [2.05, 4.69) is 10.1 Å². The number of imidazole rings is 1. The van der Waals surface area contributed by atoms with Crippen molar-refractivity contribution in [2.24, 2.45) is 7.05 Å². The van der Waals surface area contributed by atoms with Gasteiger partial charge in [0, 0.05) is 42.3 Å². The number of alkyl halides is 3. The van der Waals surface area contributed by atoms with Crippen molar-refractivity contribution in [3.05, 3.63) is 76.5 Å². The lowest BCUT2D eigenvalue weighted by Crippen LogP contribution is -2.24. The summed E-state index contributed by atoms with van der Waals surface area (Å²) in [4.78, 5) is 18.6. The monoisotopic (exact) mass is 716 g/mol. The van der Waals surface area contributed by atoms with E-state index in [0.717, 1.165) is 25.3 Å². The predicted molar refractivity (Wildman–Crippen MR) is 173 cm³/mol. The first-order valence-corrected chi connectivity index (χ1v) is 16.7. The predicted octanol–water partition coefficient (Wildman–Crippen LogP) is 8.19. The number of rotatable bonds is 9. The van der Waals surface area contributed by atoms with Gasteiger partial charge in [-0.1, -0.05) is 18.2 Å². The van der Waals surface area contributed by atoms with Crippen LogP contribution >= 0.6 is 0 Å². The second kappa shape index (κ2) is 13.9. The van der Waals surface area contributed by atoms with Crippen molar-refractivity contribution in [3.8, 4) is 16.9 Å². The average Bonchev–Trinajstić information content (AvgIpc) is 3.65. The van der Waals surface area contributed by atoms with Crippen LogP contribution in [0.25, 0.3) is 33.1 Å². The van der Waals surface area contributed by atoms with Gasteiger partial charge in [-0.15, -0.1) is 0 Å². The van der Waals surface area contributed by atoms with Crippen molar-refractivity contribution in [3.63, 3.8) is 0 Å². The molecule has 0 spiro atoms. The number of ether oxygens (including phenoxy) is 4. The molecule has 2 aliphatic heterocycles. The van der Waals surface area contributed by atoms with Crippen LogP contribution in [0.1, 0.15) is 72.2 Å². The van der Waals surface area contributed by atoms with E-state index in [1.54, 1.807) is 14.0 Å². The van der Waals surface area contributed by atoms with Crippen molar-refractivity contribution in [2.45, 2.75) is 64.1 Å². The minimum atomic E-state index is -4.88. The average molecular weight is 717 g/mol. The Hall–Kier alpha value is -4.47. The molecule has 0 amide bonds. The summed E-state index contributed by atoms with van der Waals surface area (Å²) in [5.74, 6) is -5.53. The summed E-state index contributed by atoms with van der Waals surface area (Å²) >= 11 is 0. The van der Waals surface area contributed by atoms with Gasteiger partial charge in [-0.25, -0.2) is 22.8 Å². The van der Waals surface area contributed by atoms with Crippen molar-refractivity contribution < 1.29 is 50.1 Å². The van der Waals surface area contributed by atoms with E-state index in [0.29, 0.717) is 50.4 Å². The van der Waals surface area contributed by atoms with Gasteiger partial charge in [0.1, 0.15) is 29.2 Å². The lowest BCUT2D eigenvalue weighted by Gasteiger charge is -2.24. The zero-order chi connectivity index (χ0) is 36.0. The smallest absolute Gasteiger partial charge is 0.417 e. The molecule has 51 heavy (non-hydrogen) atoms. The fourth-order valence-corrected chi connectivity index (χ4v) is 6.71. The first-order valence-electron chi connectivity index (χ1n) is 16.7. The first kappa shape index (κ1) is 35.0. The molecule has 2 aromatic heterocycles. The number of benzene rings is 3. The Labute approximate surface area is 288 Å². The van der Waals surface area contributed by atoms with Crippen LogP contribution in [0.15, 0.2) is 36.4 Å². The zero-order valence-electron chi connectivity index (χ0n) is 27.8. The Kier molecular flexibility index (Phi) is 9.54. The van der Waals surface area contributed by atoms with Crippen molar-refractivity contribution in [2.75, 3.05) is 26.4 Å². The number of halogens is 6. The summed E-state index contributed by atoms with van der Waals surface area (Å²) in [7, 11) is 1.60. The van der Waals surface area contributed by atoms with Gasteiger partial charge in [-0.3, -0.25) is 4.79 Å². The molecule has 0 bridgehead atoms. The van der Waals surface area contributed by atoms with Crippen LogP contribution in [0.4, 0.5) is 26.3 Å². The fraction of sp³-hybridized carbons (Fsp3) is 0.417. The molecule has 2 fully saturated rings. The highest BCUT2D eigenvalue weighted by Crippen LogP contribution is 2.48. The van der Waals surface area contributed by atoms with Crippen LogP contribution in [-0.4, -0.2) is 57.8 Å². The summed E-state index contributed by atoms with van der Waals surface area (Å²) in [6.45, 7) is 2.42. The summed E-state index contributed by atoms with van der Waals surface area (Å²) < 4.78 is 114. The third-order valence-corrected chi connectivity index (χ3v) is 9.32. The summed E-state index contributed by atoms with van der Waals surface area (Å²) in [5.41, 5.74) is -1.79. The minimum Gasteiger partial charge on any atom is -0.488 e. The molecule has 4 heterocycles. The highest BCUT2D eigenvalue weighted by molar-refractivity contribution is 6.17. The van der Waals surface area contributed by atoms with E-state index < -0.39 is 53.1 Å². The van der Waals surface area contributed by atoms with Crippen LogP contribution < -0.4 is 4.74 Å². The number of hydrogen-bond acceptors (Lipinski definition) is 7. The van der Waals surface area contributed by atoms with Crippen LogP contribution in [0, 0.1) is 24.4 Å². The highest BCUT2D eigenvalue weighted by Gasteiger charge is 2.39. The number of carbonyl (C=O) groups is 1. The van der Waals surface area contributed by atoms with Gasteiger partial charge in [0.05, 0.1) is 17.7 Å². The Balaban J connectivity index is 1.43. The van der Waals surface area contributed by atoms with E-state index in [9.17, 15) is 18.0 Å². The molecule has 5 aromatic rings. The molecule has 9 nitrogen and oxygen atoms in total. The maximum Gasteiger partial charge on any atom is 0.417 e. The SMILES string of the molecule is Cc1nc2c(OCCOC3CCCCO3)c(-c3cccc4c(C(=O)c5cc(F)c(F)c(F)c5)n(C5CCCCO5)nc34)c(C(F)(F)F)cc2n1C. The summed E-state index contributed by atoms with van der Waals surface area (Å²) in [5, 5.41) is 4.75. The second-order valence-electron chi connectivity index (χ2n) is 12.6. The van der Waals surface area contributed by atoms with Gasteiger partial charge >= 0.3 is 6.18 Å². The van der Waals surface area contributed by atoms with Crippen molar-refractivity contribution in [1.82, 2.24) is 19.3 Å². The third-order valence-electron chi connectivity index (χ3n) is 9.32. The maximum absolute atomic E-state index is 15.1. The zero-order valence-corrected chi connectivity index (χ0v) is 27.8. The van der Waals surface area contributed by atoms with Crippen LogP contribution in [0.2, 0.25) is 0 Å². The first-order chi connectivity index (χ1) is 24.4. The Morgan fingerprint density at radius 2 is 1.69 bits per heavy atom. The summed E-state index contributed by atoms with van der Waals surface area (Å²) in [6.07, 6.45) is -1.78. The minimum absolute atomic E-state index is 0.0210. The van der Waals surface area contributed by atoms with Crippen LogP contribution in [-0.2, 0) is 27.4 Å². The van der Waals surface area contributed by atoms with Gasteiger partial charge in [-0.05, 0) is 63.6 Å². The maximum atomic E-state index is 15.1. The van der Waals surface area contributed by atoms with E-state index in [1.807, 2.05) is 0 Å². The van der Waals surface area contributed by atoms with Gasteiger partial charge in [0.2, 0.25) is 5.78 Å². The molecule has 15 heteroatoms.